The number of piperidine rings is 1. The molecule has 7 nitrogen and oxygen atoms in total. The number of urea groups is 1. The van der Waals surface area contributed by atoms with Crippen LogP contribution in [0.4, 0.5) is 16.2 Å². The molecule has 136 valence electrons. The molecule has 1 unspecified atom stereocenters. The van der Waals surface area contributed by atoms with E-state index in [1.54, 1.807) is 23.2 Å². The number of aromatic nitrogens is 1. The number of carbonyl (C=O) groups excluding carboxylic acids is 2. The second kappa shape index (κ2) is 8.33. The Hall–Kier alpha value is -3.09. The van der Waals surface area contributed by atoms with Crippen LogP contribution in [0.3, 0.4) is 0 Å². The third-order valence-electron chi connectivity index (χ3n) is 4.32. The van der Waals surface area contributed by atoms with Gasteiger partial charge in [0, 0.05) is 24.8 Å². The van der Waals surface area contributed by atoms with E-state index < -0.39 is 0 Å². The highest BCUT2D eigenvalue weighted by atomic mass is 16.5. The van der Waals surface area contributed by atoms with Crippen molar-refractivity contribution < 1.29 is 14.3 Å². The van der Waals surface area contributed by atoms with Crippen molar-refractivity contribution in [2.75, 3.05) is 30.8 Å². The quantitative estimate of drug-likeness (QED) is 0.884. The first kappa shape index (κ1) is 17.7. The molecule has 1 aliphatic heterocycles. The van der Waals surface area contributed by atoms with Crippen molar-refractivity contribution in [1.82, 2.24) is 9.88 Å². The smallest absolute Gasteiger partial charge is 0.321 e. The number of methoxy groups -OCH3 is 1. The van der Waals surface area contributed by atoms with Gasteiger partial charge in [0.05, 0.1) is 24.9 Å². The number of hydrogen-bond acceptors (Lipinski definition) is 4. The predicted octanol–water partition coefficient (Wildman–Crippen LogP) is 2.97. The highest BCUT2D eigenvalue weighted by molar-refractivity contribution is 5.94. The first-order chi connectivity index (χ1) is 12.7. The van der Waals surface area contributed by atoms with Crippen molar-refractivity contribution in [2.45, 2.75) is 12.8 Å². The molecule has 0 bridgehead atoms. The molecule has 26 heavy (non-hydrogen) atoms. The maximum atomic E-state index is 12.5. The summed E-state index contributed by atoms with van der Waals surface area (Å²) in [5.74, 6) is 0.144. The summed E-state index contributed by atoms with van der Waals surface area (Å²) in [6, 6.07) is 12.6. The molecule has 1 aromatic heterocycles. The highest BCUT2D eigenvalue weighted by Crippen LogP contribution is 2.20. The summed E-state index contributed by atoms with van der Waals surface area (Å²) in [5.41, 5.74) is 1.36. The van der Waals surface area contributed by atoms with Gasteiger partial charge in [-0.2, -0.15) is 0 Å². The molecule has 1 fully saturated rings. The Morgan fingerprint density at radius 2 is 1.92 bits per heavy atom. The Bertz CT molecular complexity index is 749. The molecule has 2 heterocycles. The average molecular weight is 354 g/mol. The lowest BCUT2D eigenvalue weighted by molar-refractivity contribution is -0.121. The van der Waals surface area contributed by atoms with Crippen LogP contribution in [0.25, 0.3) is 0 Å². The van der Waals surface area contributed by atoms with Gasteiger partial charge >= 0.3 is 6.03 Å². The molecule has 0 radical (unpaired) electrons. The van der Waals surface area contributed by atoms with Gasteiger partial charge in [0.15, 0.2) is 0 Å². The molecule has 0 spiro atoms. The maximum Gasteiger partial charge on any atom is 0.321 e. The van der Waals surface area contributed by atoms with Crippen molar-refractivity contribution >= 4 is 23.3 Å². The van der Waals surface area contributed by atoms with Crippen LogP contribution in [-0.2, 0) is 4.79 Å². The van der Waals surface area contributed by atoms with Crippen molar-refractivity contribution in [3.8, 4) is 5.88 Å². The van der Waals surface area contributed by atoms with Gasteiger partial charge < -0.3 is 20.3 Å². The largest absolute Gasteiger partial charge is 0.481 e. The number of carbonyl (C=O) groups is 2. The fourth-order valence-corrected chi connectivity index (χ4v) is 2.92. The number of hydrogen-bond donors (Lipinski definition) is 2. The first-order valence-electron chi connectivity index (χ1n) is 8.57. The summed E-state index contributed by atoms with van der Waals surface area (Å²) in [4.78, 5) is 30.7. The molecule has 3 rings (SSSR count). The number of para-hydroxylation sites is 1. The molecule has 7 heteroatoms. The van der Waals surface area contributed by atoms with Gasteiger partial charge in [0.25, 0.3) is 0 Å². The molecule has 0 saturated carbocycles. The topological polar surface area (TPSA) is 83.6 Å². The summed E-state index contributed by atoms with van der Waals surface area (Å²) in [6.07, 6.45) is 3.10. The number of pyridine rings is 1. The van der Waals surface area contributed by atoms with Crippen LogP contribution >= 0.6 is 0 Å². The van der Waals surface area contributed by atoms with Crippen LogP contribution in [0.2, 0.25) is 0 Å². The molecule has 1 saturated heterocycles. The third-order valence-corrected chi connectivity index (χ3v) is 4.32. The molecular weight excluding hydrogens is 332 g/mol. The van der Waals surface area contributed by atoms with Crippen molar-refractivity contribution in [3.63, 3.8) is 0 Å². The van der Waals surface area contributed by atoms with E-state index in [2.05, 4.69) is 15.6 Å². The van der Waals surface area contributed by atoms with E-state index >= 15 is 0 Å². The summed E-state index contributed by atoms with van der Waals surface area (Å²) in [5, 5.41) is 5.72. The summed E-state index contributed by atoms with van der Waals surface area (Å²) >= 11 is 0. The number of rotatable bonds is 4. The standard InChI is InChI=1S/C19H22N4O3/c1-26-17-10-9-16(12-20-17)21-18(24)14-6-5-11-23(13-14)19(25)22-15-7-3-2-4-8-15/h2-4,7-10,12,14H,5-6,11,13H2,1H3,(H,21,24)(H,22,25). The van der Waals surface area contributed by atoms with E-state index in [-0.39, 0.29) is 17.9 Å². The zero-order valence-electron chi connectivity index (χ0n) is 14.6. The van der Waals surface area contributed by atoms with E-state index in [1.807, 2.05) is 30.3 Å². The molecular formula is C19H22N4O3. The summed E-state index contributed by atoms with van der Waals surface area (Å²) < 4.78 is 5.00. The molecule has 1 aliphatic rings. The minimum atomic E-state index is -0.243. The molecule has 2 aromatic rings. The lowest BCUT2D eigenvalue weighted by atomic mass is 9.97. The van der Waals surface area contributed by atoms with Crippen LogP contribution in [0.15, 0.2) is 48.7 Å². The van der Waals surface area contributed by atoms with E-state index in [9.17, 15) is 9.59 Å². The number of nitrogens with one attached hydrogen (secondary N) is 2. The van der Waals surface area contributed by atoms with Crippen LogP contribution < -0.4 is 15.4 Å². The minimum absolute atomic E-state index is 0.103. The van der Waals surface area contributed by atoms with Gasteiger partial charge in [-0.25, -0.2) is 9.78 Å². The van der Waals surface area contributed by atoms with Crippen LogP contribution in [0, 0.1) is 5.92 Å². The SMILES string of the molecule is COc1ccc(NC(=O)C2CCCN(C(=O)Nc3ccccc3)C2)cn1. The van der Waals surface area contributed by atoms with E-state index in [0.29, 0.717) is 24.7 Å². The molecule has 0 aliphatic carbocycles. The van der Waals surface area contributed by atoms with Crippen molar-refractivity contribution in [3.05, 3.63) is 48.7 Å². The zero-order valence-corrected chi connectivity index (χ0v) is 14.6. The normalized spacial score (nSPS) is 16.7. The monoisotopic (exact) mass is 354 g/mol. The van der Waals surface area contributed by atoms with Crippen LogP contribution in [0.5, 0.6) is 5.88 Å². The predicted molar refractivity (Wildman–Crippen MR) is 99.2 cm³/mol. The fourth-order valence-electron chi connectivity index (χ4n) is 2.92. The number of ether oxygens (including phenoxy) is 1. The minimum Gasteiger partial charge on any atom is -0.481 e. The first-order valence-corrected chi connectivity index (χ1v) is 8.57. The Balaban J connectivity index is 1.56. The third kappa shape index (κ3) is 4.50. The number of benzene rings is 1. The zero-order chi connectivity index (χ0) is 18.4. The Morgan fingerprint density at radius 1 is 1.12 bits per heavy atom. The van der Waals surface area contributed by atoms with Crippen LogP contribution in [-0.4, -0.2) is 42.0 Å². The Kier molecular flexibility index (Phi) is 5.68. The summed E-state index contributed by atoms with van der Waals surface area (Å²) in [6.45, 7) is 1.04. The second-order valence-corrected chi connectivity index (χ2v) is 6.16. The van der Waals surface area contributed by atoms with Gasteiger partial charge in [-0.3, -0.25) is 4.79 Å². The molecule has 1 aromatic carbocycles. The van der Waals surface area contributed by atoms with Crippen LogP contribution in [0.1, 0.15) is 12.8 Å². The van der Waals surface area contributed by atoms with Gasteiger partial charge in [0.1, 0.15) is 0 Å². The Labute approximate surface area is 152 Å². The van der Waals surface area contributed by atoms with Gasteiger partial charge in [-0.15, -0.1) is 0 Å². The molecule has 2 N–H and O–H groups in total. The van der Waals surface area contributed by atoms with E-state index in [1.165, 1.54) is 7.11 Å². The van der Waals surface area contributed by atoms with Gasteiger partial charge in [-0.05, 0) is 31.0 Å². The highest BCUT2D eigenvalue weighted by Gasteiger charge is 2.28. The number of nitrogens with zero attached hydrogens (tertiary/aromatic N) is 2. The number of amides is 3. The van der Waals surface area contributed by atoms with Gasteiger partial charge in [0.2, 0.25) is 11.8 Å². The average Bonchev–Trinajstić information content (AvgIpc) is 2.69. The Morgan fingerprint density at radius 3 is 2.62 bits per heavy atom. The lowest BCUT2D eigenvalue weighted by Gasteiger charge is -2.32. The maximum absolute atomic E-state index is 12.5. The molecule has 1 atom stereocenters. The van der Waals surface area contributed by atoms with E-state index in [4.69, 9.17) is 4.74 Å². The number of likely N-dealkylation sites (tertiary alicyclic amines) is 1. The van der Waals surface area contributed by atoms with Crippen molar-refractivity contribution in [2.24, 2.45) is 5.92 Å². The lowest BCUT2D eigenvalue weighted by Crippen LogP contribution is -2.45. The summed E-state index contributed by atoms with van der Waals surface area (Å²) in [7, 11) is 1.54. The van der Waals surface area contributed by atoms with Gasteiger partial charge in [-0.1, -0.05) is 18.2 Å². The fraction of sp³-hybridized carbons (Fsp3) is 0.316. The van der Waals surface area contributed by atoms with Crippen molar-refractivity contribution in [1.29, 1.82) is 0 Å². The van der Waals surface area contributed by atoms with E-state index in [0.717, 1.165) is 18.5 Å². The molecule has 3 amide bonds. The number of anilines is 2. The second-order valence-electron chi connectivity index (χ2n) is 6.16.